The average molecular weight is 183 g/mol. The molecule has 1 rings (SSSR count). The van der Waals surface area contributed by atoms with Gasteiger partial charge >= 0.3 is 0 Å². The number of aromatic amines is 1. The molecule has 0 saturated carbocycles. The molecule has 0 spiro atoms. The second-order valence-corrected chi connectivity index (χ2v) is 2.58. The highest BCUT2D eigenvalue weighted by atomic mass is 16.5. The summed E-state index contributed by atoms with van der Waals surface area (Å²) < 4.78 is 4.86. The van der Waals surface area contributed by atoms with Gasteiger partial charge in [-0.3, -0.25) is 4.79 Å². The van der Waals surface area contributed by atoms with Crippen LogP contribution in [0.3, 0.4) is 0 Å². The van der Waals surface area contributed by atoms with Gasteiger partial charge < -0.3 is 10.1 Å². The lowest BCUT2D eigenvalue weighted by atomic mass is 10.4. The third-order valence-electron chi connectivity index (χ3n) is 1.53. The molecule has 1 aromatic heterocycles. The highest BCUT2D eigenvalue weighted by Crippen LogP contribution is 1.86. The van der Waals surface area contributed by atoms with Gasteiger partial charge in [0.1, 0.15) is 0 Å². The first-order valence-electron chi connectivity index (χ1n) is 4.07. The van der Waals surface area contributed by atoms with Crippen molar-refractivity contribution in [3.63, 3.8) is 0 Å². The zero-order chi connectivity index (χ0) is 9.52. The predicted molar refractivity (Wildman–Crippen MR) is 48.4 cm³/mol. The number of H-pyrrole nitrogens is 1. The van der Waals surface area contributed by atoms with Crippen LogP contribution < -0.4 is 10.9 Å². The quantitative estimate of drug-likeness (QED) is 0.604. The van der Waals surface area contributed by atoms with Crippen LogP contribution in [0.2, 0.25) is 0 Å². The summed E-state index contributed by atoms with van der Waals surface area (Å²) in [5, 5.41) is 9.31. The molecule has 72 valence electrons. The number of methoxy groups -OCH3 is 1. The Hall–Kier alpha value is -1.20. The van der Waals surface area contributed by atoms with Crippen LogP contribution in [0.5, 0.6) is 0 Å². The first-order valence-corrected chi connectivity index (χ1v) is 4.07. The van der Waals surface area contributed by atoms with Gasteiger partial charge in [-0.15, -0.1) is 0 Å². The van der Waals surface area contributed by atoms with Crippen molar-refractivity contribution in [2.24, 2.45) is 0 Å². The summed E-state index contributed by atoms with van der Waals surface area (Å²) in [6, 6.07) is 3.15. The maximum absolute atomic E-state index is 10.6. The number of rotatable bonds is 5. The van der Waals surface area contributed by atoms with Crippen molar-refractivity contribution in [2.45, 2.75) is 6.54 Å². The third-order valence-corrected chi connectivity index (χ3v) is 1.53. The molecule has 0 unspecified atom stereocenters. The number of nitrogens with zero attached hydrogens (tertiary/aromatic N) is 1. The lowest BCUT2D eigenvalue weighted by Crippen LogP contribution is -2.20. The molecule has 0 aliphatic rings. The van der Waals surface area contributed by atoms with Crippen LogP contribution in [-0.2, 0) is 11.3 Å². The molecular formula is C8H13N3O2. The SMILES string of the molecule is COCCNCc1ccc(=O)[nH]n1. The van der Waals surface area contributed by atoms with E-state index in [2.05, 4.69) is 15.5 Å². The Morgan fingerprint density at radius 2 is 2.46 bits per heavy atom. The Morgan fingerprint density at radius 1 is 1.62 bits per heavy atom. The monoisotopic (exact) mass is 183 g/mol. The molecule has 0 aliphatic carbocycles. The van der Waals surface area contributed by atoms with Gasteiger partial charge in [0.15, 0.2) is 0 Å². The normalized spacial score (nSPS) is 10.2. The van der Waals surface area contributed by atoms with Gasteiger partial charge in [0.05, 0.1) is 12.3 Å². The highest BCUT2D eigenvalue weighted by molar-refractivity contribution is 4.98. The topological polar surface area (TPSA) is 67.0 Å². The molecule has 0 aliphatic heterocycles. The van der Waals surface area contributed by atoms with E-state index >= 15 is 0 Å². The van der Waals surface area contributed by atoms with E-state index < -0.39 is 0 Å². The van der Waals surface area contributed by atoms with Crippen molar-refractivity contribution in [3.8, 4) is 0 Å². The molecule has 1 heterocycles. The second kappa shape index (κ2) is 5.45. The first-order chi connectivity index (χ1) is 6.33. The Balaban J connectivity index is 2.29. The van der Waals surface area contributed by atoms with Crippen LogP contribution in [0.1, 0.15) is 5.69 Å². The molecule has 2 N–H and O–H groups in total. The van der Waals surface area contributed by atoms with Crippen molar-refractivity contribution >= 4 is 0 Å². The van der Waals surface area contributed by atoms with Crippen LogP contribution in [0.25, 0.3) is 0 Å². The van der Waals surface area contributed by atoms with Crippen LogP contribution in [0.4, 0.5) is 0 Å². The fraction of sp³-hybridized carbons (Fsp3) is 0.500. The number of ether oxygens (including phenoxy) is 1. The van der Waals surface area contributed by atoms with Crippen molar-refractivity contribution in [1.82, 2.24) is 15.5 Å². The van der Waals surface area contributed by atoms with Gasteiger partial charge in [-0.25, -0.2) is 5.10 Å². The van der Waals surface area contributed by atoms with Gasteiger partial charge in [-0.2, -0.15) is 5.10 Å². The maximum Gasteiger partial charge on any atom is 0.264 e. The van der Waals surface area contributed by atoms with Crippen LogP contribution in [0.15, 0.2) is 16.9 Å². The molecule has 0 atom stereocenters. The van der Waals surface area contributed by atoms with Gasteiger partial charge in [-0.05, 0) is 6.07 Å². The lowest BCUT2D eigenvalue weighted by Gasteiger charge is -2.01. The van der Waals surface area contributed by atoms with E-state index in [0.717, 1.165) is 12.2 Å². The second-order valence-electron chi connectivity index (χ2n) is 2.58. The fourth-order valence-electron chi connectivity index (χ4n) is 0.862. The molecule has 0 bridgehead atoms. The van der Waals surface area contributed by atoms with Crippen molar-refractivity contribution in [1.29, 1.82) is 0 Å². The van der Waals surface area contributed by atoms with E-state index in [1.807, 2.05) is 0 Å². The molecule has 0 radical (unpaired) electrons. The minimum absolute atomic E-state index is 0.180. The smallest absolute Gasteiger partial charge is 0.264 e. The Labute approximate surface area is 76.1 Å². The Bertz CT molecular complexity index is 277. The minimum atomic E-state index is -0.180. The van der Waals surface area contributed by atoms with Crippen molar-refractivity contribution in [3.05, 3.63) is 28.2 Å². The van der Waals surface area contributed by atoms with Crippen LogP contribution in [-0.4, -0.2) is 30.5 Å². The average Bonchev–Trinajstić information content (AvgIpc) is 2.15. The molecule has 0 saturated heterocycles. The van der Waals surface area contributed by atoms with Crippen molar-refractivity contribution in [2.75, 3.05) is 20.3 Å². The third kappa shape index (κ3) is 3.82. The van der Waals surface area contributed by atoms with E-state index in [9.17, 15) is 4.79 Å². The molecule has 1 aromatic rings. The summed E-state index contributed by atoms with van der Waals surface area (Å²) in [7, 11) is 1.65. The zero-order valence-electron chi connectivity index (χ0n) is 7.54. The largest absolute Gasteiger partial charge is 0.383 e. The van der Waals surface area contributed by atoms with Crippen molar-refractivity contribution < 1.29 is 4.74 Å². The maximum atomic E-state index is 10.6. The lowest BCUT2D eigenvalue weighted by molar-refractivity contribution is 0.199. The van der Waals surface area contributed by atoms with Gasteiger partial charge in [0.25, 0.3) is 5.56 Å². The van der Waals surface area contributed by atoms with E-state index in [4.69, 9.17) is 4.74 Å². The molecule has 0 aromatic carbocycles. The number of aromatic nitrogens is 2. The van der Waals surface area contributed by atoms with E-state index in [1.165, 1.54) is 6.07 Å². The molecule has 5 heteroatoms. The molecule has 13 heavy (non-hydrogen) atoms. The minimum Gasteiger partial charge on any atom is -0.383 e. The first kappa shape index (κ1) is 9.88. The van der Waals surface area contributed by atoms with Crippen LogP contribution >= 0.6 is 0 Å². The summed E-state index contributed by atoms with van der Waals surface area (Å²) in [6.45, 7) is 2.08. The summed E-state index contributed by atoms with van der Waals surface area (Å²) in [6.07, 6.45) is 0. The number of nitrogens with one attached hydrogen (secondary N) is 2. The summed E-state index contributed by atoms with van der Waals surface area (Å²) in [4.78, 5) is 10.6. The summed E-state index contributed by atoms with van der Waals surface area (Å²) in [5.74, 6) is 0. The Morgan fingerprint density at radius 3 is 3.08 bits per heavy atom. The molecule has 5 nitrogen and oxygen atoms in total. The highest BCUT2D eigenvalue weighted by Gasteiger charge is 1.92. The molecule has 0 amide bonds. The summed E-state index contributed by atoms with van der Waals surface area (Å²) in [5.41, 5.74) is 0.636. The Kier molecular flexibility index (Phi) is 4.14. The number of hydrogen-bond donors (Lipinski definition) is 2. The van der Waals surface area contributed by atoms with E-state index in [1.54, 1.807) is 13.2 Å². The molecular weight excluding hydrogens is 170 g/mol. The van der Waals surface area contributed by atoms with Gasteiger partial charge in [0, 0.05) is 26.3 Å². The zero-order valence-corrected chi connectivity index (χ0v) is 7.54. The van der Waals surface area contributed by atoms with Gasteiger partial charge in [-0.1, -0.05) is 0 Å². The fourth-order valence-corrected chi connectivity index (χ4v) is 0.862. The molecule has 0 fully saturated rings. The number of hydrogen-bond acceptors (Lipinski definition) is 4. The van der Waals surface area contributed by atoms with Crippen LogP contribution in [0, 0.1) is 0 Å². The summed E-state index contributed by atoms with van der Waals surface area (Å²) >= 11 is 0. The van der Waals surface area contributed by atoms with E-state index in [-0.39, 0.29) is 5.56 Å². The predicted octanol–water partition coefficient (Wildman–Crippen LogP) is -0.494. The standard InChI is InChI=1S/C8H13N3O2/c1-13-5-4-9-6-7-2-3-8(12)11-10-7/h2-3,9H,4-6H2,1H3,(H,11,12). The van der Waals surface area contributed by atoms with Gasteiger partial charge in [0.2, 0.25) is 0 Å². The van der Waals surface area contributed by atoms with E-state index in [0.29, 0.717) is 13.2 Å².